The molecule has 0 bridgehead atoms. The summed E-state index contributed by atoms with van der Waals surface area (Å²) in [7, 11) is 0. The van der Waals surface area contributed by atoms with Crippen molar-refractivity contribution in [3.63, 3.8) is 0 Å². The first-order valence-electron chi connectivity index (χ1n) is 7.85. The average molecular weight is 303 g/mol. The molecule has 0 aromatic heterocycles. The van der Waals surface area contributed by atoms with Crippen molar-refractivity contribution >= 4 is 11.9 Å². The Hall–Kier alpha value is -2.04. The van der Waals surface area contributed by atoms with E-state index in [-0.39, 0.29) is 24.1 Å². The number of likely N-dealkylation sites (tertiary alicyclic amines) is 1. The molecule has 1 heterocycles. The predicted molar refractivity (Wildman–Crippen MR) is 80.9 cm³/mol. The number of fused-ring (bicyclic) bond motifs is 1. The number of phenolic OH excluding ortho intramolecular Hbond substituents is 1. The number of phenols is 1. The van der Waals surface area contributed by atoms with E-state index in [4.69, 9.17) is 0 Å². The van der Waals surface area contributed by atoms with Gasteiger partial charge in [-0.05, 0) is 48.8 Å². The first kappa shape index (κ1) is 14.9. The van der Waals surface area contributed by atoms with Crippen molar-refractivity contribution in [2.45, 2.75) is 32.6 Å². The van der Waals surface area contributed by atoms with E-state index < -0.39 is 11.9 Å². The van der Waals surface area contributed by atoms with Gasteiger partial charge in [0.2, 0.25) is 0 Å². The van der Waals surface area contributed by atoms with E-state index in [0.29, 0.717) is 12.1 Å². The van der Waals surface area contributed by atoms with Crippen molar-refractivity contribution in [2.24, 2.45) is 11.8 Å². The molecule has 0 saturated carbocycles. The number of aliphatic carboxylic acids is 1. The molecule has 1 aromatic carbocycles. The first-order chi connectivity index (χ1) is 10.5. The van der Waals surface area contributed by atoms with Gasteiger partial charge >= 0.3 is 5.97 Å². The summed E-state index contributed by atoms with van der Waals surface area (Å²) in [5, 5.41) is 19.6. The molecule has 1 aliphatic heterocycles. The number of aryl methyl sites for hydroxylation is 1. The van der Waals surface area contributed by atoms with E-state index in [9.17, 15) is 19.8 Å². The monoisotopic (exact) mass is 303 g/mol. The molecule has 5 nitrogen and oxygen atoms in total. The van der Waals surface area contributed by atoms with Crippen LogP contribution < -0.4 is 0 Å². The Morgan fingerprint density at radius 2 is 1.91 bits per heavy atom. The zero-order chi connectivity index (χ0) is 15.9. The maximum atomic E-state index is 12.6. The molecule has 1 aliphatic carbocycles. The smallest absolute Gasteiger partial charge is 0.308 e. The normalized spacial score (nSPS) is 24.1. The van der Waals surface area contributed by atoms with Gasteiger partial charge in [0.1, 0.15) is 5.75 Å². The summed E-state index contributed by atoms with van der Waals surface area (Å²) in [4.78, 5) is 25.4. The Morgan fingerprint density at radius 1 is 1.18 bits per heavy atom. The molecule has 5 heteroatoms. The second-order valence-electron chi connectivity index (χ2n) is 6.44. The van der Waals surface area contributed by atoms with Crippen LogP contribution in [0.4, 0.5) is 0 Å². The molecule has 2 N–H and O–H groups in total. The van der Waals surface area contributed by atoms with Crippen LogP contribution in [0.15, 0.2) is 12.1 Å². The van der Waals surface area contributed by atoms with Crippen LogP contribution in [-0.4, -0.2) is 40.1 Å². The molecule has 22 heavy (non-hydrogen) atoms. The van der Waals surface area contributed by atoms with Crippen molar-refractivity contribution in [3.05, 3.63) is 28.8 Å². The van der Waals surface area contributed by atoms with E-state index in [1.165, 1.54) is 0 Å². The van der Waals surface area contributed by atoms with Gasteiger partial charge in [-0.1, -0.05) is 13.0 Å². The molecule has 1 aromatic rings. The lowest BCUT2D eigenvalue weighted by atomic mass is 9.89. The molecule has 0 spiro atoms. The topological polar surface area (TPSA) is 77.8 Å². The third-order valence-corrected chi connectivity index (χ3v) is 4.95. The number of rotatable bonds is 2. The molecular weight excluding hydrogens is 282 g/mol. The van der Waals surface area contributed by atoms with Crippen molar-refractivity contribution in [3.8, 4) is 5.75 Å². The number of amides is 1. The number of carboxylic acid groups (broad SMARTS) is 1. The van der Waals surface area contributed by atoms with Crippen LogP contribution in [-0.2, 0) is 17.6 Å². The van der Waals surface area contributed by atoms with Gasteiger partial charge in [-0.25, -0.2) is 0 Å². The lowest BCUT2D eigenvalue weighted by molar-refractivity contribution is -0.142. The summed E-state index contributed by atoms with van der Waals surface area (Å²) in [6.45, 7) is 2.48. The van der Waals surface area contributed by atoms with E-state index in [1.54, 1.807) is 11.0 Å². The highest BCUT2D eigenvalue weighted by atomic mass is 16.4. The van der Waals surface area contributed by atoms with Crippen molar-refractivity contribution in [1.29, 1.82) is 0 Å². The number of carboxylic acids is 1. The summed E-state index contributed by atoms with van der Waals surface area (Å²) in [6.07, 6.45) is 3.89. The van der Waals surface area contributed by atoms with E-state index >= 15 is 0 Å². The maximum absolute atomic E-state index is 12.6. The van der Waals surface area contributed by atoms with Crippen molar-refractivity contribution in [1.82, 2.24) is 4.90 Å². The van der Waals surface area contributed by atoms with Crippen LogP contribution in [0, 0.1) is 11.8 Å². The van der Waals surface area contributed by atoms with Gasteiger partial charge < -0.3 is 15.1 Å². The van der Waals surface area contributed by atoms with Crippen LogP contribution in [0.1, 0.15) is 41.3 Å². The minimum absolute atomic E-state index is 0.0683. The Morgan fingerprint density at radius 3 is 2.59 bits per heavy atom. The van der Waals surface area contributed by atoms with Gasteiger partial charge in [0.25, 0.3) is 5.91 Å². The summed E-state index contributed by atoms with van der Waals surface area (Å²) in [5.74, 6) is -1.63. The molecule has 2 atom stereocenters. The molecule has 3 rings (SSSR count). The minimum Gasteiger partial charge on any atom is -0.507 e. The fraction of sp³-hybridized carbons (Fsp3) is 0.529. The highest BCUT2D eigenvalue weighted by Gasteiger charge is 2.38. The van der Waals surface area contributed by atoms with Crippen LogP contribution >= 0.6 is 0 Å². The summed E-state index contributed by atoms with van der Waals surface area (Å²) in [5.41, 5.74) is 2.32. The number of hydrogen-bond donors (Lipinski definition) is 2. The molecular formula is C17H21NO4. The molecule has 2 aliphatic rings. The highest BCUT2D eigenvalue weighted by molar-refractivity contribution is 5.98. The fourth-order valence-corrected chi connectivity index (χ4v) is 3.61. The number of nitrogens with zero attached hydrogens (tertiary/aromatic N) is 1. The third-order valence-electron chi connectivity index (χ3n) is 4.95. The minimum atomic E-state index is -0.863. The zero-order valence-electron chi connectivity index (χ0n) is 12.7. The van der Waals surface area contributed by atoms with Gasteiger partial charge in [0, 0.05) is 13.1 Å². The number of carbonyl (C=O) groups excluding carboxylic acids is 1. The van der Waals surface area contributed by atoms with Crippen molar-refractivity contribution in [2.75, 3.05) is 13.1 Å². The summed E-state index contributed by atoms with van der Waals surface area (Å²) in [6, 6.07) is 3.61. The van der Waals surface area contributed by atoms with Gasteiger partial charge in [-0.3, -0.25) is 9.59 Å². The maximum Gasteiger partial charge on any atom is 0.308 e. The van der Waals surface area contributed by atoms with Gasteiger partial charge in [-0.2, -0.15) is 0 Å². The molecule has 0 unspecified atom stereocenters. The number of carbonyl (C=O) groups is 2. The Bertz CT molecular complexity index is 625. The standard InChI is InChI=1S/C17H21NO4/c1-10-8-18(9-14(10)17(21)22)16(20)13-7-6-11-4-2-3-5-12(11)15(13)19/h6-7,10,14,19H,2-5,8-9H2,1H3,(H,21,22)/t10-,14-/m1/s1. The number of aromatic hydroxyl groups is 1. The van der Waals surface area contributed by atoms with Crippen molar-refractivity contribution < 1.29 is 19.8 Å². The van der Waals surface area contributed by atoms with E-state index in [2.05, 4.69) is 0 Å². The average Bonchev–Trinajstić information content (AvgIpc) is 2.89. The van der Waals surface area contributed by atoms with Gasteiger partial charge in [0.05, 0.1) is 11.5 Å². The predicted octanol–water partition coefficient (Wildman–Crippen LogP) is 2.06. The van der Waals surface area contributed by atoms with Crippen LogP contribution in [0.2, 0.25) is 0 Å². The van der Waals surface area contributed by atoms with E-state index in [0.717, 1.165) is 36.8 Å². The Kier molecular flexibility index (Phi) is 3.81. The lowest BCUT2D eigenvalue weighted by Gasteiger charge is -2.21. The van der Waals surface area contributed by atoms with E-state index in [1.807, 2.05) is 13.0 Å². The Balaban J connectivity index is 1.86. The SMILES string of the molecule is C[C@@H]1CN(C(=O)c2ccc3c(c2O)CCCC3)C[C@H]1C(=O)O. The molecule has 1 fully saturated rings. The van der Waals surface area contributed by atoms with Gasteiger partial charge in [0.15, 0.2) is 0 Å². The van der Waals surface area contributed by atoms with Gasteiger partial charge in [-0.15, -0.1) is 0 Å². The molecule has 118 valence electrons. The first-order valence-corrected chi connectivity index (χ1v) is 7.85. The highest BCUT2D eigenvalue weighted by Crippen LogP contribution is 2.34. The quantitative estimate of drug-likeness (QED) is 0.876. The molecule has 1 amide bonds. The zero-order valence-corrected chi connectivity index (χ0v) is 12.7. The second kappa shape index (κ2) is 5.63. The third kappa shape index (κ3) is 2.45. The van der Waals surface area contributed by atoms with Crippen LogP contribution in [0.3, 0.4) is 0 Å². The van der Waals surface area contributed by atoms with Crippen LogP contribution in [0.25, 0.3) is 0 Å². The molecule has 1 saturated heterocycles. The second-order valence-corrected chi connectivity index (χ2v) is 6.44. The fourth-order valence-electron chi connectivity index (χ4n) is 3.61. The largest absolute Gasteiger partial charge is 0.507 e. The van der Waals surface area contributed by atoms with Crippen LogP contribution in [0.5, 0.6) is 5.75 Å². The summed E-state index contributed by atoms with van der Waals surface area (Å²) < 4.78 is 0. The molecule has 0 radical (unpaired) electrons. The number of hydrogen-bond acceptors (Lipinski definition) is 3. The summed E-state index contributed by atoms with van der Waals surface area (Å²) >= 11 is 0. The lowest BCUT2D eigenvalue weighted by Crippen LogP contribution is -2.30. The number of benzene rings is 1. The Labute approximate surface area is 129 Å².